The van der Waals surface area contributed by atoms with Gasteiger partial charge in [-0.2, -0.15) is 0 Å². The van der Waals surface area contributed by atoms with E-state index in [1.165, 1.54) is 18.3 Å². The van der Waals surface area contributed by atoms with E-state index in [1.54, 1.807) is 25.1 Å². The zero-order valence-electron chi connectivity index (χ0n) is 13.9. The lowest BCUT2D eigenvalue weighted by molar-refractivity contribution is 0.0956. The second-order valence-corrected chi connectivity index (χ2v) is 5.31. The van der Waals surface area contributed by atoms with Crippen LogP contribution in [0.5, 0.6) is 0 Å². The van der Waals surface area contributed by atoms with Crippen LogP contribution < -0.4 is 16.8 Å². The summed E-state index contributed by atoms with van der Waals surface area (Å²) in [5.41, 5.74) is 7.13. The van der Waals surface area contributed by atoms with E-state index < -0.39 is 17.8 Å². The molecule has 0 fully saturated rings. The Hall–Kier alpha value is -3.62. The van der Waals surface area contributed by atoms with Crippen molar-refractivity contribution in [2.24, 2.45) is 0 Å². The zero-order chi connectivity index (χ0) is 18.7. The Bertz CT molecular complexity index is 1040. The number of carbonyl (C=O) groups is 2. The third-order valence-electron chi connectivity index (χ3n) is 3.59. The Labute approximate surface area is 147 Å². The molecule has 0 bridgehead atoms. The Morgan fingerprint density at radius 1 is 1.35 bits per heavy atom. The number of nitrogens with two attached hydrogens (primary N) is 1. The third-order valence-corrected chi connectivity index (χ3v) is 3.59. The van der Waals surface area contributed by atoms with Crippen molar-refractivity contribution < 1.29 is 18.7 Å². The van der Waals surface area contributed by atoms with Crippen molar-refractivity contribution in [3.8, 4) is 0 Å². The van der Waals surface area contributed by atoms with Gasteiger partial charge in [-0.1, -0.05) is 6.07 Å². The van der Waals surface area contributed by atoms with Gasteiger partial charge in [-0.25, -0.2) is 14.2 Å². The standard InChI is InChI=1S/C17H16N4O5/c1-2-25-16(23)20-9-11-8-10(6-7-19-11)15(22)21-13-5-3-4-12(18)14(13)26-17(21)24/h3-8H,2,9,18H2,1H3,(H,20,23). The van der Waals surface area contributed by atoms with Crippen molar-refractivity contribution in [2.45, 2.75) is 13.5 Å². The van der Waals surface area contributed by atoms with E-state index in [9.17, 15) is 14.4 Å². The second-order valence-electron chi connectivity index (χ2n) is 5.31. The number of pyridine rings is 1. The highest BCUT2D eigenvalue weighted by Crippen LogP contribution is 2.20. The number of para-hydroxylation sites is 1. The summed E-state index contributed by atoms with van der Waals surface area (Å²) >= 11 is 0. The van der Waals surface area contributed by atoms with Crippen LogP contribution in [0, 0.1) is 0 Å². The van der Waals surface area contributed by atoms with Gasteiger partial charge in [0.2, 0.25) is 0 Å². The molecule has 9 heteroatoms. The van der Waals surface area contributed by atoms with Crippen molar-refractivity contribution in [3.05, 3.63) is 58.3 Å². The van der Waals surface area contributed by atoms with Crippen molar-refractivity contribution in [1.82, 2.24) is 14.9 Å². The first-order valence-corrected chi connectivity index (χ1v) is 7.81. The van der Waals surface area contributed by atoms with Gasteiger partial charge >= 0.3 is 11.8 Å². The molecule has 9 nitrogen and oxygen atoms in total. The Morgan fingerprint density at radius 3 is 2.92 bits per heavy atom. The highest BCUT2D eigenvalue weighted by Gasteiger charge is 2.19. The number of ether oxygens (including phenoxy) is 1. The first-order chi connectivity index (χ1) is 12.5. The molecule has 1 amide bonds. The monoisotopic (exact) mass is 356 g/mol. The van der Waals surface area contributed by atoms with Gasteiger partial charge in [0.25, 0.3) is 5.91 Å². The summed E-state index contributed by atoms with van der Waals surface area (Å²) in [5.74, 6) is -1.41. The number of carbonyl (C=O) groups excluding carboxylic acids is 2. The Morgan fingerprint density at radius 2 is 2.15 bits per heavy atom. The van der Waals surface area contributed by atoms with Crippen LogP contribution in [-0.4, -0.2) is 28.2 Å². The quantitative estimate of drug-likeness (QED) is 0.678. The number of rotatable bonds is 4. The molecule has 0 aliphatic rings. The summed E-state index contributed by atoms with van der Waals surface area (Å²) in [7, 11) is 0. The van der Waals surface area contributed by atoms with Crippen LogP contribution in [-0.2, 0) is 11.3 Å². The molecule has 3 rings (SSSR count). The molecule has 0 unspecified atom stereocenters. The molecule has 0 aliphatic carbocycles. The minimum Gasteiger partial charge on any atom is -0.450 e. The predicted molar refractivity (Wildman–Crippen MR) is 92.7 cm³/mol. The lowest BCUT2D eigenvalue weighted by atomic mass is 10.2. The fourth-order valence-corrected chi connectivity index (χ4v) is 2.43. The fraction of sp³-hybridized carbons (Fsp3) is 0.176. The van der Waals surface area contributed by atoms with Crippen LogP contribution >= 0.6 is 0 Å². The molecule has 1 aromatic carbocycles. The minimum atomic E-state index is -0.828. The SMILES string of the molecule is CCOC(=O)NCc1cc(C(=O)n2c(=O)oc3c(N)cccc32)ccn1. The smallest absolute Gasteiger partial charge is 0.427 e. The van der Waals surface area contributed by atoms with E-state index >= 15 is 0 Å². The molecule has 26 heavy (non-hydrogen) atoms. The number of hydrogen-bond acceptors (Lipinski definition) is 7. The first kappa shape index (κ1) is 17.2. The van der Waals surface area contributed by atoms with Crippen LogP contribution in [0.4, 0.5) is 10.5 Å². The zero-order valence-corrected chi connectivity index (χ0v) is 13.9. The van der Waals surface area contributed by atoms with Gasteiger partial charge in [-0.05, 0) is 31.2 Å². The Kier molecular flexibility index (Phi) is 4.70. The molecule has 134 valence electrons. The highest BCUT2D eigenvalue weighted by atomic mass is 16.5. The van der Waals surface area contributed by atoms with Gasteiger partial charge in [-0.15, -0.1) is 0 Å². The molecular weight excluding hydrogens is 340 g/mol. The van der Waals surface area contributed by atoms with Gasteiger partial charge in [0.15, 0.2) is 5.58 Å². The number of benzene rings is 1. The maximum Gasteiger partial charge on any atom is 0.427 e. The number of oxazole rings is 1. The minimum absolute atomic E-state index is 0.0773. The van der Waals surface area contributed by atoms with E-state index in [0.29, 0.717) is 5.69 Å². The molecule has 2 aromatic heterocycles. The molecular formula is C17H16N4O5. The molecule has 3 N–H and O–H groups in total. The van der Waals surface area contributed by atoms with Crippen molar-refractivity contribution in [2.75, 3.05) is 12.3 Å². The summed E-state index contributed by atoms with van der Waals surface area (Å²) in [6.07, 6.45) is 0.829. The van der Waals surface area contributed by atoms with E-state index in [0.717, 1.165) is 4.57 Å². The number of anilines is 1. The molecule has 0 atom stereocenters. The third kappa shape index (κ3) is 3.27. The van der Waals surface area contributed by atoms with Crippen LogP contribution in [0.1, 0.15) is 23.0 Å². The average molecular weight is 356 g/mol. The molecule has 0 spiro atoms. The number of nitrogen functional groups attached to an aromatic ring is 1. The molecule has 0 saturated carbocycles. The topological polar surface area (TPSA) is 129 Å². The molecule has 0 saturated heterocycles. The van der Waals surface area contributed by atoms with Gasteiger partial charge < -0.3 is 20.2 Å². The maximum absolute atomic E-state index is 12.8. The van der Waals surface area contributed by atoms with E-state index in [2.05, 4.69) is 10.3 Å². The first-order valence-electron chi connectivity index (χ1n) is 7.81. The normalized spacial score (nSPS) is 10.7. The fourth-order valence-electron chi connectivity index (χ4n) is 2.43. The number of aromatic nitrogens is 2. The van der Waals surface area contributed by atoms with Crippen molar-refractivity contribution in [3.63, 3.8) is 0 Å². The lowest BCUT2D eigenvalue weighted by Gasteiger charge is -2.06. The van der Waals surface area contributed by atoms with Gasteiger partial charge in [0.1, 0.15) is 5.52 Å². The molecule has 0 aliphatic heterocycles. The number of nitrogens with one attached hydrogen (secondary N) is 1. The number of alkyl carbamates (subject to hydrolysis) is 1. The van der Waals surface area contributed by atoms with Crippen LogP contribution in [0.3, 0.4) is 0 Å². The van der Waals surface area contributed by atoms with Gasteiger partial charge in [0, 0.05) is 11.8 Å². The Balaban J connectivity index is 1.91. The van der Waals surface area contributed by atoms with E-state index in [4.69, 9.17) is 14.9 Å². The average Bonchev–Trinajstić information content (AvgIpc) is 2.97. The maximum atomic E-state index is 12.8. The number of amides is 1. The number of hydrogen-bond donors (Lipinski definition) is 2. The number of fused-ring (bicyclic) bond motifs is 1. The number of nitrogens with zero attached hydrogens (tertiary/aromatic N) is 2. The largest absolute Gasteiger partial charge is 0.450 e. The van der Waals surface area contributed by atoms with Gasteiger partial charge in [0.05, 0.1) is 24.5 Å². The summed E-state index contributed by atoms with van der Waals surface area (Å²) in [6.45, 7) is 2.02. The summed E-state index contributed by atoms with van der Waals surface area (Å²) < 4.78 is 10.7. The predicted octanol–water partition coefficient (Wildman–Crippen LogP) is 1.51. The van der Waals surface area contributed by atoms with Gasteiger partial charge in [-0.3, -0.25) is 9.78 Å². The van der Waals surface area contributed by atoms with Crippen molar-refractivity contribution >= 4 is 28.8 Å². The van der Waals surface area contributed by atoms with Crippen LogP contribution in [0.2, 0.25) is 0 Å². The summed E-state index contributed by atoms with van der Waals surface area (Å²) in [4.78, 5) is 40.3. The van der Waals surface area contributed by atoms with Crippen LogP contribution in [0.15, 0.2) is 45.7 Å². The van der Waals surface area contributed by atoms with Crippen molar-refractivity contribution in [1.29, 1.82) is 0 Å². The summed E-state index contributed by atoms with van der Waals surface area (Å²) in [6, 6.07) is 7.71. The highest BCUT2D eigenvalue weighted by molar-refractivity contribution is 6.02. The molecule has 2 heterocycles. The second kappa shape index (κ2) is 7.09. The molecule has 3 aromatic rings. The van der Waals surface area contributed by atoms with Crippen LogP contribution in [0.25, 0.3) is 11.1 Å². The van der Waals surface area contributed by atoms with E-state index in [-0.39, 0.29) is 35.5 Å². The summed E-state index contributed by atoms with van der Waals surface area (Å²) in [5, 5.41) is 2.51. The lowest BCUT2D eigenvalue weighted by Crippen LogP contribution is -2.25. The van der Waals surface area contributed by atoms with E-state index in [1.807, 2.05) is 0 Å². The molecule has 0 radical (unpaired) electrons.